The van der Waals surface area contributed by atoms with E-state index < -0.39 is 0 Å². The predicted octanol–water partition coefficient (Wildman–Crippen LogP) is 4.58. The lowest BCUT2D eigenvalue weighted by Crippen LogP contribution is -2.15. The number of benzene rings is 2. The van der Waals surface area contributed by atoms with Gasteiger partial charge in [-0.1, -0.05) is 27.2 Å². The van der Waals surface area contributed by atoms with Crippen molar-refractivity contribution in [1.29, 1.82) is 0 Å². The highest BCUT2D eigenvalue weighted by Crippen LogP contribution is 2.36. The van der Waals surface area contributed by atoms with Gasteiger partial charge in [-0.2, -0.15) is 9.67 Å². The van der Waals surface area contributed by atoms with Crippen molar-refractivity contribution in [2.45, 2.75) is 33.6 Å². The van der Waals surface area contributed by atoms with Crippen molar-refractivity contribution in [2.75, 3.05) is 20.0 Å². The first-order valence-corrected chi connectivity index (χ1v) is 10.8. The molecule has 0 unspecified atom stereocenters. The number of hydrogen-bond donors (Lipinski definition) is 0. The molecule has 168 valence electrons. The number of hydrogen-bond acceptors (Lipinski definition) is 7. The van der Waals surface area contributed by atoms with Gasteiger partial charge in [0.15, 0.2) is 17.3 Å². The van der Waals surface area contributed by atoms with Crippen LogP contribution in [0.15, 0.2) is 42.5 Å². The molecule has 8 heteroatoms. The van der Waals surface area contributed by atoms with Gasteiger partial charge < -0.3 is 18.9 Å². The molecule has 4 rings (SSSR count). The molecule has 3 aromatic rings. The second-order valence-corrected chi connectivity index (χ2v) is 7.93. The van der Waals surface area contributed by atoms with Gasteiger partial charge in [-0.25, -0.2) is 0 Å². The zero-order valence-corrected chi connectivity index (χ0v) is 18.5. The second-order valence-electron chi connectivity index (χ2n) is 7.93. The normalized spacial score (nSPS) is 12.2. The van der Waals surface area contributed by atoms with Gasteiger partial charge in [-0.3, -0.25) is 4.79 Å². The van der Waals surface area contributed by atoms with Crippen molar-refractivity contribution in [3.8, 4) is 34.6 Å². The van der Waals surface area contributed by atoms with E-state index in [2.05, 4.69) is 17.0 Å². The summed E-state index contributed by atoms with van der Waals surface area (Å²) in [6, 6.07) is 12.6. The van der Waals surface area contributed by atoms with E-state index in [1.165, 1.54) is 4.68 Å². The monoisotopic (exact) mass is 437 g/mol. The van der Waals surface area contributed by atoms with Gasteiger partial charge >= 0.3 is 6.01 Å². The number of unbranched alkanes of at least 4 members (excludes halogenated alkanes) is 1. The minimum Gasteiger partial charge on any atom is -0.494 e. The van der Waals surface area contributed by atoms with E-state index in [9.17, 15) is 4.79 Å². The fourth-order valence-electron chi connectivity index (χ4n) is 3.11. The number of nitrogens with zero attached hydrogens (tertiary/aromatic N) is 3. The van der Waals surface area contributed by atoms with Crippen molar-refractivity contribution in [1.82, 2.24) is 14.8 Å². The molecule has 8 nitrogen and oxygen atoms in total. The summed E-state index contributed by atoms with van der Waals surface area (Å²) in [4.78, 5) is 17.8. The molecule has 0 radical (unpaired) electrons. The van der Waals surface area contributed by atoms with Crippen molar-refractivity contribution in [3.05, 3.63) is 48.0 Å². The molecule has 1 aromatic heterocycles. The van der Waals surface area contributed by atoms with Crippen LogP contribution in [0.5, 0.6) is 23.3 Å². The fraction of sp³-hybridized carbons (Fsp3) is 0.375. The molecule has 0 spiro atoms. The summed E-state index contributed by atoms with van der Waals surface area (Å²) in [6.45, 7) is 7.44. The van der Waals surface area contributed by atoms with Crippen molar-refractivity contribution in [3.63, 3.8) is 0 Å². The Hall–Kier alpha value is -3.55. The highest BCUT2D eigenvalue weighted by molar-refractivity contribution is 5.97. The molecule has 0 aliphatic carbocycles. The Morgan fingerprint density at radius 3 is 2.62 bits per heavy atom. The summed E-state index contributed by atoms with van der Waals surface area (Å²) in [7, 11) is 0. The number of carbonyl (C=O) groups is 1. The van der Waals surface area contributed by atoms with Crippen molar-refractivity contribution in [2.24, 2.45) is 5.92 Å². The summed E-state index contributed by atoms with van der Waals surface area (Å²) in [5.74, 6) is 2.33. The Bertz CT molecular complexity index is 1080. The molecule has 0 amide bonds. The largest absolute Gasteiger partial charge is 0.494 e. The Balaban J connectivity index is 1.63. The zero-order chi connectivity index (χ0) is 22.5. The van der Waals surface area contributed by atoms with Crippen molar-refractivity contribution >= 4 is 5.91 Å². The number of carbonyl (C=O) groups excluding carboxylic acids is 1. The van der Waals surface area contributed by atoms with Gasteiger partial charge in [0, 0.05) is 11.1 Å². The highest BCUT2D eigenvalue weighted by Gasteiger charge is 2.23. The molecular formula is C24H27N3O5. The fourth-order valence-corrected chi connectivity index (χ4v) is 3.11. The van der Waals surface area contributed by atoms with E-state index in [0.717, 1.165) is 18.6 Å². The number of ether oxygens (including phenoxy) is 4. The standard InChI is InChI=1S/C24H27N3O5/c1-4-5-12-29-19-9-6-17(7-10-19)23(28)27-22(25-24(26-27)30-14-16(2)3)18-8-11-20-21(13-18)32-15-31-20/h6-11,13,16H,4-5,12,14-15H2,1-3H3. The van der Waals surface area contributed by atoms with Gasteiger partial charge in [0.2, 0.25) is 6.79 Å². The van der Waals surface area contributed by atoms with Gasteiger partial charge in [0.25, 0.3) is 5.91 Å². The van der Waals surface area contributed by atoms with E-state index in [1.807, 2.05) is 19.9 Å². The van der Waals surface area contributed by atoms with Crippen LogP contribution >= 0.6 is 0 Å². The molecule has 32 heavy (non-hydrogen) atoms. The molecular weight excluding hydrogens is 410 g/mol. The minimum absolute atomic E-state index is 0.152. The van der Waals surface area contributed by atoms with Gasteiger partial charge in [-0.15, -0.1) is 5.10 Å². The topological polar surface area (TPSA) is 84.7 Å². The predicted molar refractivity (Wildman–Crippen MR) is 118 cm³/mol. The smallest absolute Gasteiger partial charge is 0.336 e. The highest BCUT2D eigenvalue weighted by atomic mass is 16.7. The molecule has 1 aliphatic rings. The Kier molecular flexibility index (Phi) is 6.58. The van der Waals surface area contributed by atoms with Gasteiger partial charge in [0.1, 0.15) is 5.75 Å². The van der Waals surface area contributed by atoms with Crippen LogP contribution in [0, 0.1) is 5.92 Å². The summed E-state index contributed by atoms with van der Waals surface area (Å²) < 4.78 is 23.5. The maximum atomic E-state index is 13.3. The Labute approximate surface area is 187 Å². The van der Waals surface area contributed by atoms with Crippen LogP contribution in [0.3, 0.4) is 0 Å². The number of fused-ring (bicyclic) bond motifs is 1. The van der Waals surface area contributed by atoms with E-state index >= 15 is 0 Å². The third-order valence-corrected chi connectivity index (χ3v) is 4.82. The second kappa shape index (κ2) is 9.72. The van der Waals surface area contributed by atoms with Gasteiger partial charge in [-0.05, 0) is 54.8 Å². The Morgan fingerprint density at radius 2 is 1.88 bits per heavy atom. The van der Waals surface area contributed by atoms with Crippen molar-refractivity contribution < 1.29 is 23.7 Å². The van der Waals surface area contributed by atoms with Crippen LogP contribution in [0.25, 0.3) is 11.4 Å². The maximum absolute atomic E-state index is 13.3. The molecule has 0 saturated carbocycles. The average Bonchev–Trinajstić information content (AvgIpc) is 3.44. The first-order valence-electron chi connectivity index (χ1n) is 10.8. The lowest BCUT2D eigenvalue weighted by atomic mass is 10.1. The van der Waals surface area contributed by atoms with Crippen LogP contribution in [0.4, 0.5) is 0 Å². The minimum atomic E-state index is -0.315. The van der Waals surface area contributed by atoms with E-state index in [-0.39, 0.29) is 18.7 Å². The zero-order valence-electron chi connectivity index (χ0n) is 18.5. The molecule has 2 heterocycles. The maximum Gasteiger partial charge on any atom is 0.336 e. The Morgan fingerprint density at radius 1 is 1.09 bits per heavy atom. The molecule has 0 N–H and O–H groups in total. The number of rotatable bonds is 9. The van der Waals surface area contributed by atoms with E-state index in [0.29, 0.717) is 47.6 Å². The summed E-state index contributed by atoms with van der Waals surface area (Å²) in [5.41, 5.74) is 1.14. The third-order valence-electron chi connectivity index (χ3n) is 4.82. The third kappa shape index (κ3) is 4.85. The quantitative estimate of drug-likeness (QED) is 0.453. The van der Waals surface area contributed by atoms with E-state index in [1.54, 1.807) is 36.4 Å². The first-order chi connectivity index (χ1) is 15.5. The SMILES string of the molecule is CCCCOc1ccc(C(=O)n2nc(OCC(C)C)nc2-c2ccc3c(c2)OCO3)cc1. The van der Waals surface area contributed by atoms with Crippen LogP contribution in [0.1, 0.15) is 44.0 Å². The molecule has 0 atom stereocenters. The van der Waals surface area contributed by atoms with Crippen LogP contribution in [-0.2, 0) is 0 Å². The molecule has 0 fully saturated rings. The summed E-state index contributed by atoms with van der Waals surface area (Å²) in [6.07, 6.45) is 2.05. The molecule has 0 bridgehead atoms. The molecule has 2 aromatic carbocycles. The average molecular weight is 437 g/mol. The van der Waals surface area contributed by atoms with Crippen LogP contribution < -0.4 is 18.9 Å². The first kappa shape index (κ1) is 21.7. The van der Waals surface area contributed by atoms with Gasteiger partial charge in [0.05, 0.1) is 13.2 Å². The molecule has 0 saturated heterocycles. The summed E-state index contributed by atoms with van der Waals surface area (Å²) >= 11 is 0. The summed E-state index contributed by atoms with van der Waals surface area (Å²) in [5, 5.41) is 4.34. The number of aromatic nitrogens is 3. The van der Waals surface area contributed by atoms with Crippen LogP contribution in [0.2, 0.25) is 0 Å². The van der Waals surface area contributed by atoms with E-state index in [4.69, 9.17) is 18.9 Å². The lowest BCUT2D eigenvalue weighted by Gasteiger charge is -2.08. The van der Waals surface area contributed by atoms with Crippen LogP contribution in [-0.4, -0.2) is 40.7 Å². The lowest BCUT2D eigenvalue weighted by molar-refractivity contribution is 0.0944. The molecule has 1 aliphatic heterocycles.